The summed E-state index contributed by atoms with van der Waals surface area (Å²) in [4.78, 5) is 25.0. The lowest BCUT2D eigenvalue weighted by atomic mass is 9.98. The van der Waals surface area contributed by atoms with Gasteiger partial charge < -0.3 is 10.6 Å². The summed E-state index contributed by atoms with van der Waals surface area (Å²) in [6.45, 7) is 1.11. The average molecular weight is 211 g/mol. The Morgan fingerprint density at radius 2 is 2.07 bits per heavy atom. The second kappa shape index (κ2) is 3.81. The number of rotatable bonds is 3. The Balaban J connectivity index is 2.08. The molecule has 0 unspecified atom stereocenters. The largest absolute Gasteiger partial charge is 0.325 e. The van der Waals surface area contributed by atoms with E-state index >= 15 is 0 Å². The molecule has 1 heterocycles. The topological polar surface area (TPSA) is 61.4 Å². The standard InChI is InChI=1S/C10H17N3O2/c1-11-6-7-13-8(14)10(12-9(13)15)4-2-3-5-10/h11H,2-7H2,1H3,(H,12,15). The number of hydrogen-bond donors (Lipinski definition) is 2. The highest BCUT2D eigenvalue weighted by Crippen LogP contribution is 2.34. The van der Waals surface area contributed by atoms with Crippen molar-refractivity contribution in [3.63, 3.8) is 0 Å². The minimum atomic E-state index is -0.551. The molecule has 0 bridgehead atoms. The maximum atomic E-state index is 12.1. The Morgan fingerprint density at radius 1 is 1.40 bits per heavy atom. The summed E-state index contributed by atoms with van der Waals surface area (Å²) < 4.78 is 0. The van der Waals surface area contributed by atoms with Gasteiger partial charge in [-0.1, -0.05) is 12.8 Å². The normalized spacial score (nSPS) is 23.9. The lowest BCUT2D eigenvalue weighted by Gasteiger charge is -2.19. The van der Waals surface area contributed by atoms with Crippen LogP contribution in [-0.4, -0.2) is 42.5 Å². The first-order valence-electron chi connectivity index (χ1n) is 5.48. The Hall–Kier alpha value is -1.10. The van der Waals surface area contributed by atoms with Crippen molar-refractivity contribution in [2.75, 3.05) is 20.1 Å². The van der Waals surface area contributed by atoms with E-state index < -0.39 is 5.54 Å². The zero-order valence-electron chi connectivity index (χ0n) is 9.01. The van der Waals surface area contributed by atoms with E-state index in [9.17, 15) is 9.59 Å². The van der Waals surface area contributed by atoms with Crippen molar-refractivity contribution in [1.29, 1.82) is 0 Å². The molecule has 1 spiro atoms. The monoisotopic (exact) mass is 211 g/mol. The highest BCUT2D eigenvalue weighted by molar-refractivity contribution is 6.07. The molecule has 2 rings (SSSR count). The molecule has 0 aromatic rings. The van der Waals surface area contributed by atoms with Crippen molar-refractivity contribution < 1.29 is 9.59 Å². The average Bonchev–Trinajstić information content (AvgIpc) is 2.75. The van der Waals surface area contributed by atoms with Crippen LogP contribution in [0.25, 0.3) is 0 Å². The van der Waals surface area contributed by atoms with Crippen LogP contribution < -0.4 is 10.6 Å². The fourth-order valence-corrected chi connectivity index (χ4v) is 2.42. The van der Waals surface area contributed by atoms with Gasteiger partial charge in [-0.25, -0.2) is 4.79 Å². The molecule has 0 aromatic heterocycles. The summed E-state index contributed by atoms with van der Waals surface area (Å²) in [6, 6.07) is -0.225. The van der Waals surface area contributed by atoms with Gasteiger partial charge in [0.25, 0.3) is 5.91 Å². The number of carbonyl (C=O) groups excluding carboxylic acids is 2. The Labute approximate surface area is 89.2 Å². The molecule has 2 aliphatic rings. The molecule has 0 radical (unpaired) electrons. The molecule has 2 fully saturated rings. The summed E-state index contributed by atoms with van der Waals surface area (Å²) in [7, 11) is 1.81. The van der Waals surface area contributed by atoms with Crippen molar-refractivity contribution in [2.24, 2.45) is 0 Å². The van der Waals surface area contributed by atoms with Crippen LogP contribution in [0.5, 0.6) is 0 Å². The van der Waals surface area contributed by atoms with Gasteiger partial charge in [0.1, 0.15) is 5.54 Å². The number of carbonyl (C=O) groups is 2. The molecule has 15 heavy (non-hydrogen) atoms. The molecule has 1 saturated heterocycles. The van der Waals surface area contributed by atoms with Crippen molar-refractivity contribution in [2.45, 2.75) is 31.2 Å². The van der Waals surface area contributed by atoms with Crippen molar-refractivity contribution >= 4 is 11.9 Å². The lowest BCUT2D eigenvalue weighted by molar-refractivity contribution is -0.131. The van der Waals surface area contributed by atoms with E-state index in [1.807, 2.05) is 7.05 Å². The summed E-state index contributed by atoms with van der Waals surface area (Å²) >= 11 is 0. The van der Waals surface area contributed by atoms with E-state index in [-0.39, 0.29) is 11.9 Å². The van der Waals surface area contributed by atoms with Gasteiger partial charge in [0, 0.05) is 13.1 Å². The predicted octanol–water partition coefficient (Wildman–Crippen LogP) is 0.0704. The molecule has 5 heteroatoms. The molecule has 2 N–H and O–H groups in total. The third-order valence-electron chi connectivity index (χ3n) is 3.29. The number of amides is 3. The van der Waals surface area contributed by atoms with Gasteiger partial charge in [0.05, 0.1) is 0 Å². The van der Waals surface area contributed by atoms with E-state index in [1.165, 1.54) is 4.90 Å². The molecule has 3 amide bonds. The SMILES string of the molecule is CNCCN1C(=O)NC2(CCCC2)C1=O. The van der Waals surface area contributed by atoms with E-state index in [0.717, 1.165) is 25.7 Å². The molecule has 1 aliphatic carbocycles. The smallest absolute Gasteiger partial charge is 0.323 e. The van der Waals surface area contributed by atoms with E-state index in [4.69, 9.17) is 0 Å². The van der Waals surface area contributed by atoms with Crippen LogP contribution in [0.4, 0.5) is 4.79 Å². The van der Waals surface area contributed by atoms with Crippen LogP contribution in [-0.2, 0) is 4.79 Å². The van der Waals surface area contributed by atoms with Crippen LogP contribution in [0.1, 0.15) is 25.7 Å². The van der Waals surface area contributed by atoms with Crippen LogP contribution in [0.2, 0.25) is 0 Å². The van der Waals surface area contributed by atoms with Gasteiger partial charge in [0.15, 0.2) is 0 Å². The molecule has 1 aliphatic heterocycles. The molecular weight excluding hydrogens is 194 g/mol. The first-order chi connectivity index (χ1) is 7.19. The second-order valence-electron chi connectivity index (χ2n) is 4.28. The minimum Gasteiger partial charge on any atom is -0.323 e. The molecule has 1 saturated carbocycles. The van der Waals surface area contributed by atoms with Crippen molar-refractivity contribution in [3.8, 4) is 0 Å². The van der Waals surface area contributed by atoms with Gasteiger partial charge in [-0.15, -0.1) is 0 Å². The number of urea groups is 1. The minimum absolute atomic E-state index is 0.0275. The Kier molecular flexibility index (Phi) is 2.65. The van der Waals surface area contributed by atoms with Gasteiger partial charge in [-0.05, 0) is 19.9 Å². The zero-order valence-corrected chi connectivity index (χ0v) is 9.01. The third-order valence-corrected chi connectivity index (χ3v) is 3.29. The maximum absolute atomic E-state index is 12.1. The first kappa shape index (κ1) is 10.4. The quantitative estimate of drug-likeness (QED) is 0.649. The van der Waals surface area contributed by atoms with Crippen molar-refractivity contribution in [3.05, 3.63) is 0 Å². The van der Waals surface area contributed by atoms with Crippen LogP contribution in [0, 0.1) is 0 Å². The summed E-state index contributed by atoms with van der Waals surface area (Å²) in [5, 5.41) is 5.79. The van der Waals surface area contributed by atoms with Gasteiger partial charge in [-0.3, -0.25) is 9.69 Å². The maximum Gasteiger partial charge on any atom is 0.325 e. The highest BCUT2D eigenvalue weighted by atomic mass is 16.2. The van der Waals surface area contributed by atoms with Crippen molar-refractivity contribution in [1.82, 2.24) is 15.5 Å². The molecule has 84 valence electrons. The van der Waals surface area contributed by atoms with Crippen LogP contribution in [0.3, 0.4) is 0 Å². The fourth-order valence-electron chi connectivity index (χ4n) is 2.42. The summed E-state index contributed by atoms with van der Waals surface area (Å²) in [5.74, 6) is -0.0275. The third kappa shape index (κ3) is 1.61. The second-order valence-corrected chi connectivity index (χ2v) is 4.28. The van der Waals surface area contributed by atoms with Crippen LogP contribution in [0.15, 0.2) is 0 Å². The van der Waals surface area contributed by atoms with E-state index in [2.05, 4.69) is 10.6 Å². The number of likely N-dealkylation sites (N-methyl/N-ethyl adjacent to an activating group) is 1. The summed E-state index contributed by atoms with van der Waals surface area (Å²) in [6.07, 6.45) is 3.67. The molecule has 0 aromatic carbocycles. The number of nitrogens with one attached hydrogen (secondary N) is 2. The highest BCUT2D eigenvalue weighted by Gasteiger charge is 2.51. The number of hydrogen-bond acceptors (Lipinski definition) is 3. The van der Waals surface area contributed by atoms with Crippen LogP contribution >= 0.6 is 0 Å². The zero-order chi connectivity index (χ0) is 10.9. The number of nitrogens with zero attached hydrogens (tertiary/aromatic N) is 1. The molecule has 0 atom stereocenters. The Bertz CT molecular complexity index is 284. The predicted molar refractivity (Wildman–Crippen MR) is 55.4 cm³/mol. The van der Waals surface area contributed by atoms with E-state index in [0.29, 0.717) is 13.1 Å². The number of imide groups is 1. The fraction of sp³-hybridized carbons (Fsp3) is 0.800. The van der Waals surface area contributed by atoms with Gasteiger partial charge >= 0.3 is 6.03 Å². The Morgan fingerprint density at radius 3 is 2.67 bits per heavy atom. The van der Waals surface area contributed by atoms with E-state index in [1.54, 1.807) is 0 Å². The molecule has 5 nitrogen and oxygen atoms in total. The van der Waals surface area contributed by atoms with Gasteiger partial charge in [-0.2, -0.15) is 0 Å². The molecular formula is C10H17N3O2. The summed E-state index contributed by atoms with van der Waals surface area (Å²) in [5.41, 5.74) is -0.551. The lowest BCUT2D eigenvalue weighted by Crippen LogP contribution is -2.44. The van der Waals surface area contributed by atoms with Gasteiger partial charge in [0.2, 0.25) is 0 Å². The first-order valence-corrected chi connectivity index (χ1v) is 5.48.